The number of anilines is 1. The van der Waals surface area contributed by atoms with Gasteiger partial charge in [0.25, 0.3) is 5.91 Å². The number of carbonyl (C=O) groups excluding carboxylic acids is 1. The third kappa shape index (κ3) is 2.46. The molecule has 0 radical (unpaired) electrons. The fourth-order valence-electron chi connectivity index (χ4n) is 2.53. The molecule has 116 valence electrons. The summed E-state index contributed by atoms with van der Waals surface area (Å²) in [5.74, 6) is -0.669. The normalized spacial score (nSPS) is 19.7. The van der Waals surface area contributed by atoms with Crippen molar-refractivity contribution in [3.8, 4) is 0 Å². The maximum absolute atomic E-state index is 13.8. The lowest BCUT2D eigenvalue weighted by atomic mass is 10.2. The minimum Gasteiger partial charge on any atom is -0.394 e. The highest BCUT2D eigenvalue weighted by molar-refractivity contribution is 5.98. The van der Waals surface area contributed by atoms with E-state index in [0.717, 1.165) is 0 Å². The molecule has 22 heavy (non-hydrogen) atoms. The monoisotopic (exact) mass is 305 g/mol. The van der Waals surface area contributed by atoms with Crippen molar-refractivity contribution >= 4 is 11.6 Å². The average Bonchev–Trinajstić information content (AvgIpc) is 3.14. The molecule has 3 N–H and O–H groups in total. The summed E-state index contributed by atoms with van der Waals surface area (Å²) in [5, 5.41) is 16.8. The van der Waals surface area contributed by atoms with Gasteiger partial charge >= 0.3 is 0 Å². The molecule has 7 nitrogen and oxygen atoms in total. The van der Waals surface area contributed by atoms with Crippen LogP contribution in [0.3, 0.4) is 0 Å². The zero-order valence-electron chi connectivity index (χ0n) is 11.8. The number of aliphatic hydroxyl groups is 1. The number of halogens is 1. The van der Waals surface area contributed by atoms with Crippen LogP contribution in [0.5, 0.6) is 0 Å². The van der Waals surface area contributed by atoms with E-state index in [1.54, 1.807) is 24.4 Å². The second-order valence-corrected chi connectivity index (χ2v) is 5.16. The number of amides is 1. The molecule has 1 aliphatic rings. The van der Waals surface area contributed by atoms with Gasteiger partial charge in [-0.2, -0.15) is 0 Å². The summed E-state index contributed by atoms with van der Waals surface area (Å²) in [6.45, 7) is 0.157. The van der Waals surface area contributed by atoms with Crippen LogP contribution in [0.15, 0.2) is 30.5 Å². The van der Waals surface area contributed by atoms with Crippen molar-refractivity contribution in [2.45, 2.75) is 18.5 Å². The van der Waals surface area contributed by atoms with Crippen LogP contribution in [0.4, 0.5) is 10.1 Å². The molecule has 0 spiro atoms. The summed E-state index contributed by atoms with van der Waals surface area (Å²) in [6, 6.07) is 5.00. The zero-order valence-corrected chi connectivity index (χ0v) is 11.8. The van der Waals surface area contributed by atoms with E-state index < -0.39 is 17.9 Å². The van der Waals surface area contributed by atoms with Gasteiger partial charge in [-0.15, -0.1) is 5.10 Å². The molecule has 2 unspecified atom stereocenters. The Morgan fingerprint density at radius 1 is 1.45 bits per heavy atom. The molecule has 3 rings (SSSR count). The number of para-hydroxylation sites is 1. The molecular formula is C14H16FN5O2. The fraction of sp³-hybridized carbons (Fsp3) is 0.357. The fourth-order valence-corrected chi connectivity index (χ4v) is 2.53. The summed E-state index contributed by atoms with van der Waals surface area (Å²) in [6.07, 6.45) is 2.05. The minimum atomic E-state index is -0.632. The predicted octanol–water partition coefficient (Wildman–Crippen LogP) is 0.387. The highest BCUT2D eigenvalue weighted by Crippen LogP contribution is 2.29. The van der Waals surface area contributed by atoms with Gasteiger partial charge in [0, 0.05) is 6.54 Å². The molecule has 0 bridgehead atoms. The first-order valence-corrected chi connectivity index (χ1v) is 6.96. The molecule has 1 saturated heterocycles. The molecule has 1 aromatic carbocycles. The van der Waals surface area contributed by atoms with Crippen molar-refractivity contribution in [2.75, 3.05) is 18.1 Å². The molecule has 2 aromatic rings. The number of rotatable bonds is 4. The Morgan fingerprint density at radius 3 is 2.95 bits per heavy atom. The third-order valence-electron chi connectivity index (χ3n) is 3.74. The average molecular weight is 305 g/mol. The summed E-state index contributed by atoms with van der Waals surface area (Å²) in [5.41, 5.74) is 6.35. The van der Waals surface area contributed by atoms with Crippen LogP contribution in [0.1, 0.15) is 24.2 Å². The molecule has 1 aromatic heterocycles. The van der Waals surface area contributed by atoms with Crippen molar-refractivity contribution in [1.82, 2.24) is 15.0 Å². The lowest BCUT2D eigenvalue weighted by molar-refractivity contribution is -0.120. The van der Waals surface area contributed by atoms with Gasteiger partial charge in [0.1, 0.15) is 17.6 Å². The first kappa shape index (κ1) is 14.6. The Morgan fingerprint density at radius 2 is 2.23 bits per heavy atom. The van der Waals surface area contributed by atoms with Crippen LogP contribution < -0.4 is 10.6 Å². The van der Waals surface area contributed by atoms with Crippen LogP contribution in [0.2, 0.25) is 0 Å². The van der Waals surface area contributed by atoms with Crippen LogP contribution in [-0.4, -0.2) is 39.2 Å². The second-order valence-electron chi connectivity index (χ2n) is 5.16. The van der Waals surface area contributed by atoms with E-state index >= 15 is 0 Å². The SMILES string of the molecule is NC(CO)c1cn(C2CCN(c3ccccc3F)C2=O)nn1. The molecule has 2 heterocycles. The van der Waals surface area contributed by atoms with Crippen molar-refractivity contribution < 1.29 is 14.3 Å². The van der Waals surface area contributed by atoms with Gasteiger partial charge in [0.05, 0.1) is 24.5 Å². The lowest BCUT2D eigenvalue weighted by Crippen LogP contribution is -2.29. The number of aliphatic hydroxyl groups excluding tert-OH is 1. The smallest absolute Gasteiger partial charge is 0.252 e. The van der Waals surface area contributed by atoms with E-state index in [1.165, 1.54) is 15.6 Å². The first-order chi connectivity index (χ1) is 10.6. The Bertz CT molecular complexity index is 689. The van der Waals surface area contributed by atoms with Crippen molar-refractivity contribution in [1.29, 1.82) is 0 Å². The van der Waals surface area contributed by atoms with Gasteiger partial charge in [-0.1, -0.05) is 17.3 Å². The van der Waals surface area contributed by atoms with Gasteiger partial charge in [0.2, 0.25) is 0 Å². The van der Waals surface area contributed by atoms with Crippen LogP contribution >= 0.6 is 0 Å². The van der Waals surface area contributed by atoms with Crippen LogP contribution in [0, 0.1) is 5.82 Å². The molecule has 1 amide bonds. The summed E-state index contributed by atoms with van der Waals surface area (Å²) >= 11 is 0. The standard InChI is InChI=1S/C14H16FN5O2/c15-9-3-1-2-4-12(9)19-6-5-13(14(19)22)20-7-11(17-18-20)10(16)8-21/h1-4,7,10,13,21H,5-6,8,16H2. The van der Waals surface area contributed by atoms with E-state index in [0.29, 0.717) is 18.7 Å². The summed E-state index contributed by atoms with van der Waals surface area (Å²) in [7, 11) is 0. The largest absolute Gasteiger partial charge is 0.394 e. The summed E-state index contributed by atoms with van der Waals surface area (Å²) in [4.78, 5) is 13.9. The van der Waals surface area contributed by atoms with Crippen molar-refractivity contribution in [3.63, 3.8) is 0 Å². The highest BCUT2D eigenvalue weighted by Gasteiger charge is 2.35. The number of benzene rings is 1. The van der Waals surface area contributed by atoms with Crippen molar-refractivity contribution in [3.05, 3.63) is 42.0 Å². The number of aromatic nitrogens is 3. The molecule has 2 atom stereocenters. The van der Waals surface area contributed by atoms with Gasteiger partial charge in [0.15, 0.2) is 0 Å². The number of nitrogens with zero attached hydrogens (tertiary/aromatic N) is 4. The number of carbonyl (C=O) groups is 1. The van der Waals surface area contributed by atoms with Gasteiger partial charge in [-0.3, -0.25) is 4.79 Å². The van der Waals surface area contributed by atoms with Gasteiger partial charge in [-0.25, -0.2) is 9.07 Å². The van der Waals surface area contributed by atoms with E-state index in [9.17, 15) is 9.18 Å². The first-order valence-electron chi connectivity index (χ1n) is 6.96. The molecule has 0 saturated carbocycles. The maximum Gasteiger partial charge on any atom is 0.252 e. The zero-order chi connectivity index (χ0) is 15.7. The quantitative estimate of drug-likeness (QED) is 0.851. The molecule has 1 aliphatic heterocycles. The maximum atomic E-state index is 13.8. The van der Waals surface area contributed by atoms with Crippen LogP contribution in [-0.2, 0) is 4.79 Å². The third-order valence-corrected chi connectivity index (χ3v) is 3.74. The van der Waals surface area contributed by atoms with E-state index in [-0.39, 0.29) is 18.2 Å². The van der Waals surface area contributed by atoms with Gasteiger partial charge in [-0.05, 0) is 18.6 Å². The Labute approximate surface area is 126 Å². The summed E-state index contributed by atoms with van der Waals surface area (Å²) < 4.78 is 15.3. The van der Waals surface area contributed by atoms with E-state index in [4.69, 9.17) is 10.8 Å². The predicted molar refractivity (Wildman–Crippen MR) is 76.4 cm³/mol. The number of hydrogen-bond acceptors (Lipinski definition) is 5. The molecule has 8 heteroatoms. The van der Waals surface area contributed by atoms with Crippen LogP contribution in [0.25, 0.3) is 0 Å². The lowest BCUT2D eigenvalue weighted by Gasteiger charge is -2.17. The number of hydrogen-bond donors (Lipinski definition) is 2. The second kappa shape index (κ2) is 5.82. The Hall–Kier alpha value is -2.32. The van der Waals surface area contributed by atoms with Gasteiger partial charge < -0.3 is 15.7 Å². The molecule has 1 fully saturated rings. The van der Waals surface area contributed by atoms with Crippen molar-refractivity contribution in [2.24, 2.45) is 5.73 Å². The van der Waals surface area contributed by atoms with E-state index in [1.807, 2.05) is 0 Å². The Kier molecular flexibility index (Phi) is 3.86. The Balaban J connectivity index is 1.82. The molecule has 0 aliphatic carbocycles. The van der Waals surface area contributed by atoms with E-state index in [2.05, 4.69) is 10.3 Å². The highest BCUT2D eigenvalue weighted by atomic mass is 19.1. The number of nitrogens with two attached hydrogens (primary N) is 1. The minimum absolute atomic E-state index is 0.237. The molecular weight excluding hydrogens is 289 g/mol. The topological polar surface area (TPSA) is 97.3 Å².